The van der Waals surface area contributed by atoms with Crippen LogP contribution in [-0.2, 0) is 6.18 Å². The quantitative estimate of drug-likeness (QED) is 0.820. The maximum atomic E-state index is 12.8. The Bertz CT molecular complexity index is 759. The molecule has 0 saturated carbocycles. The molecule has 1 aromatic carbocycles. The summed E-state index contributed by atoms with van der Waals surface area (Å²) in [4.78, 5) is 18.5. The van der Waals surface area contributed by atoms with Crippen molar-refractivity contribution in [1.82, 2.24) is 14.5 Å². The first-order valence-corrected chi connectivity index (χ1v) is 8.25. The molecule has 0 aliphatic carbocycles. The summed E-state index contributed by atoms with van der Waals surface area (Å²) in [6, 6.07) is 4.95. The van der Waals surface area contributed by atoms with E-state index in [1.54, 1.807) is 11.0 Å². The van der Waals surface area contributed by atoms with E-state index in [0.717, 1.165) is 18.6 Å². The topological polar surface area (TPSA) is 38.1 Å². The average molecular weight is 351 g/mol. The highest BCUT2D eigenvalue weighted by Gasteiger charge is 2.31. The van der Waals surface area contributed by atoms with Crippen molar-refractivity contribution in [2.75, 3.05) is 13.1 Å². The Morgan fingerprint density at radius 1 is 1.20 bits per heavy atom. The van der Waals surface area contributed by atoms with Gasteiger partial charge in [0.2, 0.25) is 0 Å². The van der Waals surface area contributed by atoms with E-state index in [1.165, 1.54) is 23.2 Å². The van der Waals surface area contributed by atoms with E-state index in [1.807, 2.05) is 0 Å². The van der Waals surface area contributed by atoms with Crippen molar-refractivity contribution in [3.63, 3.8) is 0 Å². The number of halogens is 3. The fourth-order valence-electron chi connectivity index (χ4n) is 3.41. The van der Waals surface area contributed by atoms with Gasteiger partial charge in [0.25, 0.3) is 5.91 Å². The summed E-state index contributed by atoms with van der Waals surface area (Å²) in [5.74, 6) is 0.681. The molecule has 1 aliphatic heterocycles. The van der Waals surface area contributed by atoms with E-state index >= 15 is 0 Å². The molecule has 134 valence electrons. The Hall–Kier alpha value is -2.31. The number of hydrogen-bond acceptors (Lipinski definition) is 2. The first kappa shape index (κ1) is 17.5. The van der Waals surface area contributed by atoms with Gasteiger partial charge in [-0.15, -0.1) is 0 Å². The molecule has 7 heteroatoms. The third-order valence-corrected chi connectivity index (χ3v) is 4.43. The molecule has 0 bridgehead atoms. The third kappa shape index (κ3) is 3.86. The number of nitrogens with zero attached hydrogens (tertiary/aromatic N) is 3. The van der Waals surface area contributed by atoms with Gasteiger partial charge in [-0.1, -0.05) is 19.9 Å². The van der Waals surface area contributed by atoms with E-state index in [2.05, 4.69) is 18.8 Å². The predicted octanol–water partition coefficient (Wildman–Crippen LogP) is 4.01. The lowest BCUT2D eigenvalue weighted by atomic mass is 9.92. The van der Waals surface area contributed by atoms with Gasteiger partial charge in [0, 0.05) is 25.0 Å². The third-order valence-electron chi connectivity index (χ3n) is 4.43. The molecule has 4 nitrogen and oxygen atoms in total. The summed E-state index contributed by atoms with van der Waals surface area (Å²) in [7, 11) is 0. The lowest BCUT2D eigenvalue weighted by molar-refractivity contribution is -0.137. The molecule has 25 heavy (non-hydrogen) atoms. The smallest absolute Gasteiger partial charge is 0.337 e. The zero-order valence-electron chi connectivity index (χ0n) is 14.1. The van der Waals surface area contributed by atoms with Crippen LogP contribution in [0.15, 0.2) is 36.8 Å². The number of amides is 1. The van der Waals surface area contributed by atoms with E-state index in [9.17, 15) is 18.0 Å². The molecule has 1 aromatic heterocycles. The predicted molar refractivity (Wildman–Crippen MR) is 87.4 cm³/mol. The highest BCUT2D eigenvalue weighted by Crippen LogP contribution is 2.30. The summed E-state index contributed by atoms with van der Waals surface area (Å²) in [5.41, 5.74) is -0.161. The molecule has 2 aromatic rings. The summed E-state index contributed by atoms with van der Waals surface area (Å²) in [6.45, 7) is 5.58. The van der Waals surface area contributed by atoms with Crippen molar-refractivity contribution in [2.24, 2.45) is 11.8 Å². The van der Waals surface area contributed by atoms with Gasteiger partial charge in [-0.3, -0.25) is 4.79 Å². The van der Waals surface area contributed by atoms with E-state index in [-0.39, 0.29) is 11.6 Å². The SMILES string of the molecule is CC1CC(C)CN(C(=O)c2cn(-c3cccc(C(F)(F)F)c3)cn2)C1. The van der Waals surface area contributed by atoms with Gasteiger partial charge in [0.15, 0.2) is 0 Å². The van der Waals surface area contributed by atoms with Crippen LogP contribution in [0.25, 0.3) is 5.69 Å². The second-order valence-corrected chi connectivity index (χ2v) is 6.87. The molecule has 0 N–H and O–H groups in total. The number of hydrogen-bond donors (Lipinski definition) is 0. The zero-order chi connectivity index (χ0) is 18.2. The van der Waals surface area contributed by atoms with Crippen LogP contribution in [0.5, 0.6) is 0 Å². The zero-order valence-corrected chi connectivity index (χ0v) is 14.1. The van der Waals surface area contributed by atoms with E-state index in [0.29, 0.717) is 30.6 Å². The Balaban J connectivity index is 1.82. The van der Waals surface area contributed by atoms with Gasteiger partial charge < -0.3 is 9.47 Å². The number of rotatable bonds is 2. The van der Waals surface area contributed by atoms with Crippen LogP contribution >= 0.6 is 0 Å². The lowest BCUT2D eigenvalue weighted by Crippen LogP contribution is -2.42. The van der Waals surface area contributed by atoms with Crippen LogP contribution < -0.4 is 0 Å². The first-order valence-electron chi connectivity index (χ1n) is 8.25. The van der Waals surface area contributed by atoms with Crippen molar-refractivity contribution in [2.45, 2.75) is 26.4 Å². The van der Waals surface area contributed by atoms with Crippen LogP contribution in [-0.4, -0.2) is 33.4 Å². The van der Waals surface area contributed by atoms with Gasteiger partial charge >= 0.3 is 6.18 Å². The molecule has 1 aliphatic rings. The number of benzene rings is 1. The van der Waals surface area contributed by atoms with E-state index in [4.69, 9.17) is 0 Å². The number of carbonyl (C=O) groups is 1. The second kappa shape index (κ2) is 6.54. The molecule has 3 rings (SSSR count). The second-order valence-electron chi connectivity index (χ2n) is 6.87. The van der Waals surface area contributed by atoms with Gasteiger partial charge in [-0.05, 0) is 36.5 Å². The Morgan fingerprint density at radius 2 is 1.88 bits per heavy atom. The summed E-state index contributed by atoms with van der Waals surface area (Å²) >= 11 is 0. The van der Waals surface area contributed by atoms with Gasteiger partial charge in [0.1, 0.15) is 12.0 Å². The summed E-state index contributed by atoms with van der Waals surface area (Å²) < 4.78 is 40.0. The van der Waals surface area contributed by atoms with Gasteiger partial charge in [-0.25, -0.2) is 4.98 Å². The molecule has 2 atom stereocenters. The standard InChI is InChI=1S/C18H20F3N3O/c1-12-6-13(2)9-23(8-12)17(25)16-10-24(11-22-16)15-5-3-4-14(7-15)18(19,20)21/h3-5,7,10-13H,6,8-9H2,1-2H3. The van der Waals surface area contributed by atoms with Crippen molar-refractivity contribution in [3.05, 3.63) is 48.0 Å². The number of aromatic nitrogens is 2. The number of likely N-dealkylation sites (tertiary alicyclic amines) is 1. The molecule has 1 saturated heterocycles. The number of piperidine rings is 1. The molecule has 2 unspecified atom stereocenters. The molecule has 1 amide bonds. The lowest BCUT2D eigenvalue weighted by Gasteiger charge is -2.34. The van der Waals surface area contributed by atoms with E-state index < -0.39 is 11.7 Å². The summed E-state index contributed by atoms with van der Waals surface area (Å²) in [6.07, 6.45) is -0.459. The maximum absolute atomic E-state index is 12.8. The monoisotopic (exact) mass is 351 g/mol. The molecule has 1 fully saturated rings. The molecular weight excluding hydrogens is 331 g/mol. The fourth-order valence-corrected chi connectivity index (χ4v) is 3.41. The van der Waals surface area contributed by atoms with Crippen molar-refractivity contribution >= 4 is 5.91 Å². The minimum atomic E-state index is -4.41. The molecule has 0 radical (unpaired) electrons. The van der Waals surface area contributed by atoms with Crippen LogP contribution in [0, 0.1) is 11.8 Å². The number of carbonyl (C=O) groups excluding carboxylic acids is 1. The highest BCUT2D eigenvalue weighted by atomic mass is 19.4. The minimum absolute atomic E-state index is 0.177. The number of imidazole rings is 1. The van der Waals surface area contributed by atoms with Gasteiger partial charge in [0.05, 0.1) is 5.56 Å². The minimum Gasteiger partial charge on any atom is -0.337 e. The van der Waals surface area contributed by atoms with Crippen molar-refractivity contribution < 1.29 is 18.0 Å². The average Bonchev–Trinajstić information content (AvgIpc) is 3.02. The van der Waals surface area contributed by atoms with Crippen LogP contribution in [0.1, 0.15) is 36.3 Å². The Kier molecular flexibility index (Phi) is 4.58. The largest absolute Gasteiger partial charge is 0.416 e. The van der Waals surface area contributed by atoms with Crippen LogP contribution in [0.2, 0.25) is 0 Å². The van der Waals surface area contributed by atoms with Crippen molar-refractivity contribution in [3.8, 4) is 5.69 Å². The molecular formula is C18H20F3N3O. The Morgan fingerprint density at radius 3 is 2.52 bits per heavy atom. The summed E-state index contributed by atoms with van der Waals surface area (Å²) in [5, 5.41) is 0. The Labute approximate surface area is 144 Å². The molecule has 2 heterocycles. The van der Waals surface area contributed by atoms with Gasteiger partial charge in [-0.2, -0.15) is 13.2 Å². The van der Waals surface area contributed by atoms with Crippen LogP contribution in [0.3, 0.4) is 0 Å². The highest BCUT2D eigenvalue weighted by molar-refractivity contribution is 5.92. The molecule has 0 spiro atoms. The maximum Gasteiger partial charge on any atom is 0.416 e. The number of alkyl halides is 3. The normalized spacial score (nSPS) is 21.4. The fraction of sp³-hybridized carbons (Fsp3) is 0.444. The first-order chi connectivity index (χ1) is 11.7. The van der Waals surface area contributed by atoms with Crippen molar-refractivity contribution in [1.29, 1.82) is 0 Å². The van der Waals surface area contributed by atoms with Crippen LogP contribution in [0.4, 0.5) is 13.2 Å².